The Labute approximate surface area is 142 Å². The van der Waals surface area contributed by atoms with Crippen LogP contribution < -0.4 is 9.80 Å². The molecule has 2 aliphatic heterocycles. The summed E-state index contributed by atoms with van der Waals surface area (Å²) >= 11 is 0. The topological polar surface area (TPSA) is 41.5 Å². The van der Waals surface area contributed by atoms with E-state index in [1.807, 2.05) is 12.4 Å². The maximum absolute atomic E-state index is 5.42. The van der Waals surface area contributed by atoms with E-state index < -0.39 is 0 Å². The van der Waals surface area contributed by atoms with Crippen molar-refractivity contribution >= 4 is 16.9 Å². The van der Waals surface area contributed by atoms with Gasteiger partial charge in [0.15, 0.2) is 0 Å². The monoisotopic (exact) mass is 322 g/mol. The highest BCUT2D eigenvalue weighted by Gasteiger charge is 2.18. The Bertz CT molecular complexity index is 708. The molecule has 2 aliphatic rings. The average molecular weight is 322 g/mol. The van der Waals surface area contributed by atoms with Crippen LogP contribution in [0.15, 0.2) is 49.1 Å². The maximum Gasteiger partial charge on any atom is 0.115 e. The molecule has 124 valence electrons. The molecule has 1 aromatic carbocycles. The average Bonchev–Trinajstić information content (AvgIpc) is 2.70. The summed E-state index contributed by atoms with van der Waals surface area (Å²) in [4.78, 5) is 13.0. The van der Waals surface area contributed by atoms with Gasteiger partial charge in [-0.1, -0.05) is 18.2 Å². The predicted octanol–water partition coefficient (Wildman–Crippen LogP) is 2.61. The van der Waals surface area contributed by atoms with Crippen LogP contribution in [0.25, 0.3) is 5.57 Å². The van der Waals surface area contributed by atoms with Gasteiger partial charge in [-0.15, -0.1) is 0 Å². The van der Waals surface area contributed by atoms with Gasteiger partial charge in [0.2, 0.25) is 0 Å². The van der Waals surface area contributed by atoms with Crippen molar-refractivity contribution in [2.75, 3.05) is 49.2 Å². The number of aromatic nitrogens is 2. The highest BCUT2D eigenvalue weighted by atomic mass is 16.5. The molecule has 1 fully saturated rings. The Morgan fingerprint density at radius 3 is 2.38 bits per heavy atom. The van der Waals surface area contributed by atoms with Crippen molar-refractivity contribution in [2.24, 2.45) is 0 Å². The highest BCUT2D eigenvalue weighted by Crippen LogP contribution is 2.26. The number of hydrogen-bond acceptors (Lipinski definition) is 5. The molecule has 0 saturated carbocycles. The number of anilines is 2. The minimum Gasteiger partial charge on any atom is -0.377 e. The highest BCUT2D eigenvalue weighted by molar-refractivity contribution is 5.70. The van der Waals surface area contributed by atoms with E-state index in [1.54, 1.807) is 6.33 Å². The number of ether oxygens (including phenoxy) is 1. The van der Waals surface area contributed by atoms with Crippen molar-refractivity contribution in [1.29, 1.82) is 0 Å². The van der Waals surface area contributed by atoms with Gasteiger partial charge in [-0.3, -0.25) is 0 Å². The van der Waals surface area contributed by atoms with Crippen LogP contribution in [-0.2, 0) is 4.74 Å². The molecule has 1 aromatic heterocycles. The molecule has 4 rings (SSSR count). The molecule has 2 aromatic rings. The Kier molecular flexibility index (Phi) is 4.42. The van der Waals surface area contributed by atoms with Crippen molar-refractivity contribution in [2.45, 2.75) is 6.42 Å². The molecule has 5 nitrogen and oxygen atoms in total. The van der Waals surface area contributed by atoms with E-state index in [1.165, 1.54) is 16.8 Å². The number of hydrogen-bond donors (Lipinski definition) is 0. The molecular weight excluding hydrogens is 300 g/mol. The molecule has 5 heteroatoms. The molecule has 3 heterocycles. The van der Waals surface area contributed by atoms with Crippen LogP contribution in [0.5, 0.6) is 0 Å². The fraction of sp³-hybridized carbons (Fsp3) is 0.368. The van der Waals surface area contributed by atoms with Crippen molar-refractivity contribution in [1.82, 2.24) is 9.97 Å². The van der Waals surface area contributed by atoms with Crippen molar-refractivity contribution < 1.29 is 4.74 Å². The Balaban J connectivity index is 1.45. The van der Waals surface area contributed by atoms with E-state index in [4.69, 9.17) is 4.74 Å². The molecule has 0 aliphatic carbocycles. The molecule has 0 atom stereocenters. The predicted molar refractivity (Wildman–Crippen MR) is 96.3 cm³/mol. The van der Waals surface area contributed by atoms with E-state index in [-0.39, 0.29) is 0 Å². The standard InChI is InChI=1S/C19H22N4O/c1-2-17(16-4-10-24-11-5-16)12-18(3-1)22-6-8-23(9-7-22)19-13-20-15-21-14-19/h1-4,12-15H,5-11H2. The number of benzene rings is 1. The molecule has 0 unspecified atom stereocenters. The lowest BCUT2D eigenvalue weighted by atomic mass is 10.0. The third kappa shape index (κ3) is 3.26. The van der Waals surface area contributed by atoms with Crippen LogP contribution in [-0.4, -0.2) is 49.4 Å². The molecule has 24 heavy (non-hydrogen) atoms. The Hall–Kier alpha value is -2.40. The van der Waals surface area contributed by atoms with Gasteiger partial charge >= 0.3 is 0 Å². The summed E-state index contributed by atoms with van der Waals surface area (Å²) in [5, 5.41) is 0. The van der Waals surface area contributed by atoms with Crippen LogP contribution in [0.1, 0.15) is 12.0 Å². The minimum absolute atomic E-state index is 0.734. The fourth-order valence-electron chi connectivity index (χ4n) is 3.37. The summed E-state index contributed by atoms with van der Waals surface area (Å²) in [6.45, 7) is 5.58. The third-order valence-electron chi connectivity index (χ3n) is 4.74. The summed E-state index contributed by atoms with van der Waals surface area (Å²) in [6, 6.07) is 8.90. The minimum atomic E-state index is 0.734. The summed E-state index contributed by atoms with van der Waals surface area (Å²) in [5.74, 6) is 0. The molecule has 0 spiro atoms. The van der Waals surface area contributed by atoms with Crippen LogP contribution in [0, 0.1) is 0 Å². The first-order valence-corrected chi connectivity index (χ1v) is 8.52. The summed E-state index contributed by atoms with van der Waals surface area (Å²) in [5.41, 5.74) is 5.15. The first-order chi connectivity index (χ1) is 11.9. The van der Waals surface area contributed by atoms with Gasteiger partial charge in [0.1, 0.15) is 6.33 Å². The maximum atomic E-state index is 5.42. The van der Waals surface area contributed by atoms with Gasteiger partial charge in [0.25, 0.3) is 0 Å². The van der Waals surface area contributed by atoms with Crippen LogP contribution >= 0.6 is 0 Å². The summed E-state index contributed by atoms with van der Waals surface area (Å²) in [7, 11) is 0. The number of rotatable bonds is 3. The lowest BCUT2D eigenvalue weighted by molar-refractivity contribution is 0.161. The molecule has 1 saturated heterocycles. The normalized spacial score (nSPS) is 18.4. The van der Waals surface area contributed by atoms with E-state index in [2.05, 4.69) is 50.1 Å². The first kappa shape index (κ1) is 15.1. The van der Waals surface area contributed by atoms with E-state index in [0.717, 1.165) is 51.5 Å². The second-order valence-electron chi connectivity index (χ2n) is 6.18. The van der Waals surface area contributed by atoms with Gasteiger partial charge in [0, 0.05) is 31.9 Å². The molecular formula is C19H22N4O. The van der Waals surface area contributed by atoms with E-state index in [9.17, 15) is 0 Å². The number of nitrogens with zero attached hydrogens (tertiary/aromatic N) is 4. The van der Waals surface area contributed by atoms with Gasteiger partial charge < -0.3 is 14.5 Å². The largest absolute Gasteiger partial charge is 0.377 e. The zero-order chi connectivity index (χ0) is 16.2. The van der Waals surface area contributed by atoms with E-state index >= 15 is 0 Å². The smallest absolute Gasteiger partial charge is 0.115 e. The van der Waals surface area contributed by atoms with Gasteiger partial charge in [0.05, 0.1) is 31.3 Å². The van der Waals surface area contributed by atoms with Crippen LogP contribution in [0.3, 0.4) is 0 Å². The first-order valence-electron chi connectivity index (χ1n) is 8.52. The lowest BCUT2D eigenvalue weighted by Crippen LogP contribution is -2.46. The molecule has 0 amide bonds. The SMILES string of the molecule is C1=C(c2cccc(N3CCN(c4cncnc4)CC3)c2)CCOC1. The van der Waals surface area contributed by atoms with Gasteiger partial charge in [-0.2, -0.15) is 0 Å². The second kappa shape index (κ2) is 7.01. The zero-order valence-electron chi connectivity index (χ0n) is 13.8. The van der Waals surface area contributed by atoms with Crippen molar-refractivity contribution in [3.63, 3.8) is 0 Å². The van der Waals surface area contributed by atoms with Crippen molar-refractivity contribution in [3.8, 4) is 0 Å². The van der Waals surface area contributed by atoms with Gasteiger partial charge in [-0.25, -0.2) is 9.97 Å². The lowest BCUT2D eigenvalue weighted by Gasteiger charge is -2.37. The Morgan fingerprint density at radius 1 is 0.917 bits per heavy atom. The summed E-state index contributed by atoms with van der Waals surface area (Å²) < 4.78 is 5.42. The molecule has 0 radical (unpaired) electrons. The Morgan fingerprint density at radius 2 is 1.67 bits per heavy atom. The van der Waals surface area contributed by atoms with Gasteiger partial charge in [-0.05, 0) is 29.7 Å². The quantitative estimate of drug-likeness (QED) is 0.869. The molecule has 0 N–H and O–H groups in total. The second-order valence-corrected chi connectivity index (χ2v) is 6.18. The third-order valence-corrected chi connectivity index (χ3v) is 4.74. The van der Waals surface area contributed by atoms with Crippen molar-refractivity contribution in [3.05, 3.63) is 54.6 Å². The van der Waals surface area contributed by atoms with E-state index in [0.29, 0.717) is 0 Å². The van der Waals surface area contributed by atoms with Crippen LogP contribution in [0.4, 0.5) is 11.4 Å². The molecule has 0 bridgehead atoms. The fourth-order valence-corrected chi connectivity index (χ4v) is 3.37. The zero-order valence-corrected chi connectivity index (χ0v) is 13.8. The van der Waals surface area contributed by atoms with Crippen LogP contribution in [0.2, 0.25) is 0 Å². The summed E-state index contributed by atoms with van der Waals surface area (Å²) in [6.07, 6.45) is 8.57. The number of piperazine rings is 1.